The first-order valence-electron chi connectivity index (χ1n) is 13.2. The van der Waals surface area contributed by atoms with Crippen LogP contribution in [0.25, 0.3) is 22.3 Å². The van der Waals surface area contributed by atoms with Gasteiger partial charge >= 0.3 is 0 Å². The van der Waals surface area contributed by atoms with Gasteiger partial charge in [0.15, 0.2) is 16.8 Å². The first-order valence-corrected chi connectivity index (χ1v) is 13.2. The van der Waals surface area contributed by atoms with Crippen LogP contribution in [0.2, 0.25) is 0 Å². The summed E-state index contributed by atoms with van der Waals surface area (Å²) in [6, 6.07) is 6.29. The van der Waals surface area contributed by atoms with E-state index < -0.39 is 114 Å². The third-order valence-corrected chi connectivity index (χ3v) is 7.35. The monoisotopic (exact) mass is 626 g/mol. The molecule has 0 amide bonds. The predicted molar refractivity (Wildman–Crippen MR) is 142 cm³/mol. The second-order valence-electron chi connectivity index (χ2n) is 10.2. The summed E-state index contributed by atoms with van der Waals surface area (Å²) in [5, 5.41) is 112. The number of aliphatic hydroxyl groups excluding tert-OH is 8. The van der Waals surface area contributed by atoms with Crippen LogP contribution >= 0.6 is 0 Å². The minimum absolute atomic E-state index is 0.103. The highest BCUT2D eigenvalue weighted by molar-refractivity contribution is 5.95. The van der Waals surface area contributed by atoms with Crippen molar-refractivity contribution in [2.24, 2.45) is 0 Å². The Kier molecular flexibility index (Phi) is 8.87. The van der Waals surface area contributed by atoms with E-state index in [0.29, 0.717) is 0 Å². The minimum atomic E-state index is -2.01. The molecule has 240 valence electrons. The zero-order chi connectivity index (χ0) is 32.0. The molecule has 44 heavy (non-hydrogen) atoms. The fraction of sp³-hybridized carbons (Fsp3) is 0.444. The average molecular weight is 627 g/mol. The van der Waals surface area contributed by atoms with Crippen molar-refractivity contribution in [3.63, 3.8) is 0 Å². The smallest absolute Gasteiger partial charge is 0.229 e. The number of aliphatic hydroxyl groups is 8. The predicted octanol–water partition coefficient (Wildman–Crippen LogP) is -3.07. The normalized spacial score (nSPS) is 32.5. The molecule has 1 aromatic heterocycles. The summed E-state index contributed by atoms with van der Waals surface area (Å²) in [7, 11) is 0. The lowest BCUT2D eigenvalue weighted by molar-refractivity contribution is -0.279. The highest BCUT2D eigenvalue weighted by Gasteiger charge is 2.47. The van der Waals surface area contributed by atoms with E-state index in [1.54, 1.807) is 0 Å². The number of aromatic hydroxyl groups is 3. The summed E-state index contributed by atoms with van der Waals surface area (Å²) >= 11 is 0. The number of ether oxygens (including phenoxy) is 4. The molecule has 0 spiro atoms. The molecular weight excluding hydrogens is 596 g/mol. The number of phenolic OH excluding ortho intramolecular Hbond substituents is 3. The van der Waals surface area contributed by atoms with Gasteiger partial charge in [-0.15, -0.1) is 0 Å². The molecule has 17 nitrogen and oxygen atoms in total. The van der Waals surface area contributed by atoms with Crippen molar-refractivity contribution >= 4 is 11.0 Å². The van der Waals surface area contributed by atoms with Crippen LogP contribution in [-0.2, 0) is 9.47 Å². The van der Waals surface area contributed by atoms with Gasteiger partial charge in [0, 0.05) is 11.6 Å². The van der Waals surface area contributed by atoms with Crippen LogP contribution < -0.4 is 14.9 Å². The van der Waals surface area contributed by atoms with Crippen LogP contribution in [0.15, 0.2) is 39.5 Å². The second kappa shape index (κ2) is 12.3. The van der Waals surface area contributed by atoms with Crippen molar-refractivity contribution in [3.8, 4) is 40.1 Å². The maximum Gasteiger partial charge on any atom is 0.229 e. The summed E-state index contributed by atoms with van der Waals surface area (Å²) in [4.78, 5) is 13.3. The van der Waals surface area contributed by atoms with E-state index in [1.807, 2.05) is 0 Å². The molecule has 3 heterocycles. The Morgan fingerprint density at radius 2 is 1.16 bits per heavy atom. The third kappa shape index (κ3) is 5.50. The first kappa shape index (κ1) is 31.7. The molecule has 0 bridgehead atoms. The minimum Gasteiger partial charge on any atom is -0.508 e. The van der Waals surface area contributed by atoms with E-state index in [9.17, 15) is 61.0 Å². The van der Waals surface area contributed by atoms with Crippen LogP contribution in [0.5, 0.6) is 28.7 Å². The Balaban J connectivity index is 1.67. The highest BCUT2D eigenvalue weighted by Crippen LogP contribution is 2.51. The Labute approximate surface area is 246 Å². The molecule has 2 fully saturated rings. The van der Waals surface area contributed by atoms with Crippen LogP contribution in [0.4, 0.5) is 0 Å². The van der Waals surface area contributed by atoms with Gasteiger partial charge in [-0.25, -0.2) is 0 Å². The highest BCUT2D eigenvalue weighted by atomic mass is 16.7. The number of hydrogen-bond donors (Lipinski definition) is 11. The fourth-order valence-electron chi connectivity index (χ4n) is 4.86. The number of phenols is 3. The van der Waals surface area contributed by atoms with Crippen LogP contribution in [0.3, 0.4) is 0 Å². The molecule has 0 unspecified atom stereocenters. The molecular formula is C27H30O17. The zero-order valence-corrected chi connectivity index (χ0v) is 22.4. The summed E-state index contributed by atoms with van der Waals surface area (Å²) in [5.74, 6) is -4.28. The number of hydrogen-bond acceptors (Lipinski definition) is 17. The van der Waals surface area contributed by atoms with Crippen LogP contribution in [0, 0.1) is 0 Å². The zero-order valence-electron chi connectivity index (χ0n) is 22.4. The van der Waals surface area contributed by atoms with Crippen molar-refractivity contribution in [1.82, 2.24) is 0 Å². The molecule has 5 rings (SSSR count). The van der Waals surface area contributed by atoms with Crippen LogP contribution in [0.1, 0.15) is 0 Å². The lowest BCUT2D eigenvalue weighted by atomic mass is 9.99. The summed E-state index contributed by atoms with van der Waals surface area (Å²) in [5.41, 5.74) is -1.33. The van der Waals surface area contributed by atoms with E-state index in [-0.39, 0.29) is 17.1 Å². The lowest BCUT2D eigenvalue weighted by Gasteiger charge is -2.40. The van der Waals surface area contributed by atoms with Crippen molar-refractivity contribution in [1.29, 1.82) is 0 Å². The molecule has 2 aliphatic heterocycles. The van der Waals surface area contributed by atoms with Gasteiger partial charge in [0.05, 0.1) is 13.2 Å². The number of fused-ring (bicyclic) bond motifs is 1. The maximum atomic E-state index is 13.3. The maximum absolute atomic E-state index is 13.3. The largest absolute Gasteiger partial charge is 0.508 e. The number of rotatable bonds is 7. The molecule has 2 saturated heterocycles. The van der Waals surface area contributed by atoms with Gasteiger partial charge in [0.25, 0.3) is 0 Å². The molecule has 0 aliphatic carbocycles. The Morgan fingerprint density at radius 3 is 1.66 bits per heavy atom. The van der Waals surface area contributed by atoms with Crippen molar-refractivity contribution < 1.29 is 79.5 Å². The Hall–Kier alpha value is -3.75. The molecule has 3 aromatic rings. The van der Waals surface area contributed by atoms with Gasteiger partial charge < -0.3 is 79.5 Å². The quantitative estimate of drug-likeness (QED) is 0.124. The fourth-order valence-corrected chi connectivity index (χ4v) is 4.86. The van der Waals surface area contributed by atoms with Gasteiger partial charge in [-0.05, 0) is 24.3 Å². The lowest BCUT2D eigenvalue weighted by Crippen LogP contribution is -2.60. The molecule has 0 radical (unpaired) electrons. The van der Waals surface area contributed by atoms with Crippen molar-refractivity contribution in [2.75, 3.05) is 13.2 Å². The molecule has 17 heteroatoms. The average Bonchev–Trinajstić information content (AvgIpc) is 3.01. The van der Waals surface area contributed by atoms with Crippen LogP contribution in [-0.4, -0.2) is 131 Å². The summed E-state index contributed by atoms with van der Waals surface area (Å²) in [6.07, 6.45) is -18.2. The van der Waals surface area contributed by atoms with Gasteiger partial charge in [-0.2, -0.15) is 0 Å². The van der Waals surface area contributed by atoms with E-state index >= 15 is 0 Å². The summed E-state index contributed by atoms with van der Waals surface area (Å²) < 4.78 is 27.5. The molecule has 10 atom stereocenters. The number of benzene rings is 2. The molecule has 2 aromatic carbocycles. The summed E-state index contributed by atoms with van der Waals surface area (Å²) in [6.45, 7) is -1.67. The van der Waals surface area contributed by atoms with Gasteiger partial charge in [0.2, 0.25) is 29.8 Å². The standard InChI is InChI=1S/C27H30O17/c28-6-12-15(32)18(35)20(37)26(41-12)43-24-17(34)14-10(31)5-11(8-1-3-9(30)4-2-8)40-23(14)25(22(24)39)44-27-21(38)19(36)16(33)13(7-29)42-27/h1-5,12-13,15-16,18-21,26-30,32-39H,6-7H2/t12-,13-,15-,16-,18-,19+,20+,21+,26+,27+/m1/s1. The van der Waals surface area contributed by atoms with Gasteiger partial charge in [-0.1, -0.05) is 0 Å². The molecule has 2 aliphatic rings. The second-order valence-corrected chi connectivity index (χ2v) is 10.2. The van der Waals surface area contributed by atoms with E-state index in [0.717, 1.165) is 6.07 Å². The van der Waals surface area contributed by atoms with E-state index in [2.05, 4.69) is 0 Å². The Morgan fingerprint density at radius 1 is 0.659 bits per heavy atom. The first-order chi connectivity index (χ1) is 20.9. The van der Waals surface area contributed by atoms with E-state index in [4.69, 9.17) is 23.4 Å². The SMILES string of the molecule is O=c1cc(-c2ccc(O)cc2)oc2c(O[C@@H]3O[C@H](CO)[C@@H](O)[C@H](O)[C@@H]3O)c(O)c(O[C@@H]3O[C@H](CO)[C@@H](O)[C@@H](O)[C@@H]3O)c(O)c12. The Bertz CT molecular complexity index is 1540. The van der Waals surface area contributed by atoms with E-state index in [1.165, 1.54) is 24.3 Å². The third-order valence-electron chi connectivity index (χ3n) is 7.35. The topological polar surface area (TPSA) is 290 Å². The van der Waals surface area contributed by atoms with Gasteiger partial charge in [0.1, 0.15) is 65.7 Å². The van der Waals surface area contributed by atoms with Crippen molar-refractivity contribution in [2.45, 2.75) is 61.4 Å². The molecule has 0 saturated carbocycles. The molecule has 11 N–H and O–H groups in total. The van der Waals surface area contributed by atoms with Crippen molar-refractivity contribution in [3.05, 3.63) is 40.6 Å². The van der Waals surface area contributed by atoms with Gasteiger partial charge in [-0.3, -0.25) is 4.79 Å².